The third-order valence-electron chi connectivity index (χ3n) is 4.88. The number of hydrogen-bond donors (Lipinski definition) is 1. The molecular weight excluding hydrogens is 314 g/mol. The Balaban J connectivity index is 1.54. The van der Waals surface area contributed by atoms with Crippen molar-refractivity contribution in [2.75, 3.05) is 18.5 Å². The van der Waals surface area contributed by atoms with Crippen molar-refractivity contribution in [2.24, 2.45) is 5.92 Å². The highest BCUT2D eigenvalue weighted by molar-refractivity contribution is 5.90. The van der Waals surface area contributed by atoms with Crippen LogP contribution in [0.25, 0.3) is 10.9 Å². The highest BCUT2D eigenvalue weighted by Crippen LogP contribution is 2.34. The summed E-state index contributed by atoms with van der Waals surface area (Å²) in [4.78, 5) is 8.63. The zero-order valence-electron chi connectivity index (χ0n) is 14.4. The fraction of sp³-hybridized carbons (Fsp3) is 0.421. The van der Waals surface area contributed by atoms with Gasteiger partial charge in [-0.25, -0.2) is 0 Å². The molecule has 25 heavy (non-hydrogen) atoms. The van der Waals surface area contributed by atoms with E-state index in [9.17, 15) is 0 Å². The van der Waals surface area contributed by atoms with Crippen LogP contribution in [-0.2, 0) is 11.3 Å². The van der Waals surface area contributed by atoms with Crippen molar-refractivity contribution in [1.82, 2.24) is 19.7 Å². The first kappa shape index (κ1) is 16.0. The van der Waals surface area contributed by atoms with Gasteiger partial charge in [0.05, 0.1) is 11.2 Å². The Kier molecular flexibility index (Phi) is 4.61. The first-order valence-electron chi connectivity index (χ1n) is 8.92. The summed E-state index contributed by atoms with van der Waals surface area (Å²) < 4.78 is 8.16. The summed E-state index contributed by atoms with van der Waals surface area (Å²) in [6.45, 7) is 4.65. The molecule has 0 radical (unpaired) electrons. The molecule has 4 heterocycles. The molecule has 1 saturated heterocycles. The molecule has 3 aromatic rings. The molecule has 0 aliphatic carbocycles. The van der Waals surface area contributed by atoms with Crippen molar-refractivity contribution in [1.29, 1.82) is 0 Å². The lowest BCUT2D eigenvalue weighted by atomic mass is 9.92. The van der Waals surface area contributed by atoms with Gasteiger partial charge >= 0.3 is 0 Å². The van der Waals surface area contributed by atoms with Crippen molar-refractivity contribution in [3.05, 3.63) is 48.7 Å². The molecule has 130 valence electrons. The molecule has 6 heteroatoms. The second-order valence-corrected chi connectivity index (χ2v) is 6.40. The maximum atomic E-state index is 6.13. The molecule has 1 aliphatic heterocycles. The normalized spacial score (nSPS) is 20.7. The standard InChI is InChI=1S/C19H23N5O/c1-2-24-18(7-10-23-24)19-14(4-3-11-25-19)12-22-17-6-9-21-16-5-8-20-13-15(16)17/h5-10,13-14,19H,2-4,11-12H2,1H3,(H,21,22)/t14-,19+/m0/s1. The number of aryl methyl sites for hydroxylation is 1. The Hall–Kier alpha value is -2.47. The molecule has 0 saturated carbocycles. The lowest BCUT2D eigenvalue weighted by Crippen LogP contribution is -2.30. The predicted octanol–water partition coefficient (Wildman–Crippen LogP) is 3.43. The van der Waals surface area contributed by atoms with E-state index in [4.69, 9.17) is 4.74 Å². The van der Waals surface area contributed by atoms with Gasteiger partial charge in [0.2, 0.25) is 0 Å². The van der Waals surface area contributed by atoms with Gasteiger partial charge in [0.1, 0.15) is 6.10 Å². The highest BCUT2D eigenvalue weighted by atomic mass is 16.5. The largest absolute Gasteiger partial charge is 0.384 e. The number of anilines is 1. The van der Waals surface area contributed by atoms with Gasteiger partial charge in [0.25, 0.3) is 0 Å². The van der Waals surface area contributed by atoms with E-state index in [1.54, 1.807) is 6.20 Å². The summed E-state index contributed by atoms with van der Waals surface area (Å²) in [5, 5.41) is 9.05. The van der Waals surface area contributed by atoms with Crippen molar-refractivity contribution in [3.8, 4) is 0 Å². The summed E-state index contributed by atoms with van der Waals surface area (Å²) >= 11 is 0. The van der Waals surface area contributed by atoms with Crippen LogP contribution in [0.15, 0.2) is 43.0 Å². The summed E-state index contributed by atoms with van der Waals surface area (Å²) in [5.41, 5.74) is 3.21. The van der Waals surface area contributed by atoms with Crippen molar-refractivity contribution < 1.29 is 4.74 Å². The van der Waals surface area contributed by atoms with Crippen molar-refractivity contribution in [3.63, 3.8) is 0 Å². The van der Waals surface area contributed by atoms with Gasteiger partial charge < -0.3 is 10.1 Å². The van der Waals surface area contributed by atoms with Gasteiger partial charge in [-0.1, -0.05) is 0 Å². The Morgan fingerprint density at radius 2 is 2.20 bits per heavy atom. The van der Waals surface area contributed by atoms with Crippen LogP contribution in [0.1, 0.15) is 31.6 Å². The van der Waals surface area contributed by atoms with Crippen LogP contribution in [0.3, 0.4) is 0 Å². The maximum absolute atomic E-state index is 6.13. The number of hydrogen-bond acceptors (Lipinski definition) is 5. The van der Waals surface area contributed by atoms with Crippen LogP contribution in [-0.4, -0.2) is 32.9 Å². The molecular formula is C19H23N5O. The van der Waals surface area contributed by atoms with Gasteiger partial charge in [0.15, 0.2) is 0 Å². The second-order valence-electron chi connectivity index (χ2n) is 6.40. The minimum Gasteiger partial charge on any atom is -0.384 e. The van der Waals surface area contributed by atoms with E-state index < -0.39 is 0 Å². The molecule has 6 nitrogen and oxygen atoms in total. The average molecular weight is 337 g/mol. The Morgan fingerprint density at radius 3 is 3.12 bits per heavy atom. The van der Waals surface area contributed by atoms with E-state index in [1.165, 1.54) is 5.69 Å². The molecule has 3 aromatic heterocycles. The zero-order valence-corrected chi connectivity index (χ0v) is 14.4. The average Bonchev–Trinajstić information content (AvgIpc) is 3.15. The monoisotopic (exact) mass is 337 g/mol. The Labute approximate surface area is 147 Å². The number of nitrogens with zero attached hydrogens (tertiary/aromatic N) is 4. The SMILES string of the molecule is CCn1nccc1[C@@H]1OCCC[C@H]1CNc1ccnc2ccncc12. The van der Waals surface area contributed by atoms with Crippen LogP contribution in [0.2, 0.25) is 0 Å². The topological polar surface area (TPSA) is 64.9 Å². The van der Waals surface area contributed by atoms with E-state index in [1.807, 2.05) is 35.4 Å². The van der Waals surface area contributed by atoms with E-state index in [0.717, 1.165) is 49.1 Å². The van der Waals surface area contributed by atoms with Gasteiger partial charge in [-0.2, -0.15) is 5.10 Å². The minimum absolute atomic E-state index is 0.0925. The van der Waals surface area contributed by atoms with E-state index in [-0.39, 0.29) is 6.10 Å². The third kappa shape index (κ3) is 3.22. The van der Waals surface area contributed by atoms with E-state index >= 15 is 0 Å². The number of nitrogens with one attached hydrogen (secondary N) is 1. The smallest absolute Gasteiger partial charge is 0.104 e. The van der Waals surface area contributed by atoms with Crippen LogP contribution < -0.4 is 5.32 Å². The Bertz CT molecular complexity index is 841. The fourth-order valence-corrected chi connectivity index (χ4v) is 3.61. The zero-order chi connectivity index (χ0) is 17.1. The van der Waals surface area contributed by atoms with E-state index in [2.05, 4.69) is 33.4 Å². The summed E-state index contributed by atoms with van der Waals surface area (Å²) in [6, 6.07) is 6.03. The maximum Gasteiger partial charge on any atom is 0.104 e. The van der Waals surface area contributed by atoms with Gasteiger partial charge in [-0.05, 0) is 38.0 Å². The van der Waals surface area contributed by atoms with Crippen LogP contribution >= 0.6 is 0 Å². The summed E-state index contributed by atoms with van der Waals surface area (Å²) in [5.74, 6) is 0.413. The summed E-state index contributed by atoms with van der Waals surface area (Å²) in [6.07, 6.45) is 9.68. The second kappa shape index (κ2) is 7.19. The van der Waals surface area contributed by atoms with Crippen LogP contribution in [0, 0.1) is 5.92 Å². The molecule has 0 unspecified atom stereocenters. The van der Waals surface area contributed by atoms with Crippen LogP contribution in [0.5, 0.6) is 0 Å². The molecule has 0 aromatic carbocycles. The minimum atomic E-state index is 0.0925. The number of pyridine rings is 2. The molecule has 0 spiro atoms. The molecule has 1 N–H and O–H groups in total. The summed E-state index contributed by atoms with van der Waals surface area (Å²) in [7, 11) is 0. The number of fused-ring (bicyclic) bond motifs is 1. The molecule has 2 atom stereocenters. The molecule has 4 rings (SSSR count). The molecule has 1 fully saturated rings. The lowest BCUT2D eigenvalue weighted by Gasteiger charge is -2.32. The number of rotatable bonds is 5. The quantitative estimate of drug-likeness (QED) is 0.773. The number of ether oxygens (including phenoxy) is 1. The highest BCUT2D eigenvalue weighted by Gasteiger charge is 2.29. The van der Waals surface area contributed by atoms with Gasteiger partial charge in [0, 0.05) is 61.5 Å². The fourth-order valence-electron chi connectivity index (χ4n) is 3.61. The lowest BCUT2D eigenvalue weighted by molar-refractivity contribution is -0.0288. The third-order valence-corrected chi connectivity index (χ3v) is 4.88. The number of aromatic nitrogens is 4. The van der Waals surface area contributed by atoms with Crippen molar-refractivity contribution >= 4 is 16.6 Å². The molecule has 0 amide bonds. The van der Waals surface area contributed by atoms with E-state index in [0.29, 0.717) is 5.92 Å². The molecule has 1 aliphatic rings. The first-order valence-corrected chi connectivity index (χ1v) is 8.92. The Morgan fingerprint density at radius 1 is 1.24 bits per heavy atom. The van der Waals surface area contributed by atoms with Gasteiger partial charge in [-0.15, -0.1) is 0 Å². The predicted molar refractivity (Wildman–Crippen MR) is 97.3 cm³/mol. The molecule has 0 bridgehead atoms. The van der Waals surface area contributed by atoms with Crippen molar-refractivity contribution in [2.45, 2.75) is 32.4 Å². The van der Waals surface area contributed by atoms with Gasteiger partial charge in [-0.3, -0.25) is 14.6 Å². The first-order chi connectivity index (χ1) is 12.4. The van der Waals surface area contributed by atoms with Crippen LogP contribution in [0.4, 0.5) is 5.69 Å².